The van der Waals surface area contributed by atoms with Crippen LogP contribution in [0.2, 0.25) is 0 Å². The average molecular weight is 264 g/mol. The monoisotopic (exact) mass is 263 g/mol. The van der Waals surface area contributed by atoms with E-state index in [4.69, 9.17) is 0 Å². The molecule has 0 bridgehead atoms. The maximum atomic E-state index is 3.35. The van der Waals surface area contributed by atoms with Crippen molar-refractivity contribution in [3.05, 3.63) is 35.9 Å². The maximum absolute atomic E-state index is 3.35. The minimum Gasteiger partial charge on any atom is -1.00 e. The van der Waals surface area contributed by atoms with Crippen LogP contribution in [-0.4, -0.2) is 18.6 Å². The summed E-state index contributed by atoms with van der Waals surface area (Å²) in [5.74, 6) is 6.61. The van der Waals surface area contributed by atoms with Crippen LogP contribution in [0.15, 0.2) is 30.3 Å². The van der Waals surface area contributed by atoms with Crippen LogP contribution in [0.3, 0.4) is 0 Å². The summed E-state index contributed by atoms with van der Waals surface area (Å²) in [5, 5.41) is 0. The van der Waals surface area contributed by atoms with Crippen LogP contribution in [0.25, 0.3) is 0 Å². The third-order valence-electron chi connectivity index (χ3n) is 3.84. The summed E-state index contributed by atoms with van der Waals surface area (Å²) in [6.45, 7) is 5.70. The number of rotatable bonds is 1. The van der Waals surface area contributed by atoms with E-state index < -0.39 is 0 Å². The number of hydrogen-bond donors (Lipinski definition) is 1. The fourth-order valence-corrected chi connectivity index (χ4v) is 2.70. The van der Waals surface area contributed by atoms with E-state index in [0.29, 0.717) is 0 Å². The Hall–Kier alpha value is -0.970. The zero-order valence-electron chi connectivity index (χ0n) is 11.2. The smallest absolute Gasteiger partial charge is 0.140 e. The molecule has 0 amide bonds. The number of nitrogens with one attached hydrogen (secondary N) is 1. The molecule has 1 unspecified atom stereocenters. The number of likely N-dealkylation sites (tertiary alicyclic amines) is 1. The molecule has 1 aliphatic rings. The molecule has 1 aromatic rings. The van der Waals surface area contributed by atoms with Crippen LogP contribution >= 0.6 is 0 Å². The number of halogens is 1. The summed E-state index contributed by atoms with van der Waals surface area (Å²) < 4.78 is 0. The Bertz CT molecular complexity index is 394. The highest BCUT2D eigenvalue weighted by molar-refractivity contribution is 5.33. The van der Waals surface area contributed by atoms with E-state index in [-0.39, 0.29) is 12.4 Å². The molecule has 1 aliphatic heterocycles. The highest BCUT2D eigenvalue weighted by atomic mass is 35.5. The van der Waals surface area contributed by atoms with Crippen LogP contribution in [-0.2, 0) is 0 Å². The van der Waals surface area contributed by atoms with Gasteiger partial charge in [-0.2, -0.15) is 0 Å². The largest absolute Gasteiger partial charge is 1.00 e. The Morgan fingerprint density at radius 2 is 1.72 bits per heavy atom. The quantitative estimate of drug-likeness (QED) is 0.613. The van der Waals surface area contributed by atoms with Gasteiger partial charge in [0.25, 0.3) is 0 Å². The Morgan fingerprint density at radius 1 is 1.11 bits per heavy atom. The van der Waals surface area contributed by atoms with Gasteiger partial charge in [-0.1, -0.05) is 24.1 Å². The van der Waals surface area contributed by atoms with E-state index in [0.717, 1.165) is 24.2 Å². The molecule has 2 heteroatoms. The number of benzene rings is 1. The molecule has 1 heterocycles. The lowest BCUT2D eigenvalue weighted by atomic mass is 9.98. The normalized spacial score (nSPS) is 26.7. The average Bonchev–Trinajstić information content (AvgIpc) is 2.34. The molecule has 3 atom stereocenters. The van der Waals surface area contributed by atoms with Gasteiger partial charge in [0.2, 0.25) is 0 Å². The van der Waals surface area contributed by atoms with Crippen molar-refractivity contribution in [2.45, 2.75) is 45.2 Å². The van der Waals surface area contributed by atoms with Crippen molar-refractivity contribution < 1.29 is 17.3 Å². The second-order valence-corrected chi connectivity index (χ2v) is 5.15. The van der Waals surface area contributed by atoms with Gasteiger partial charge in [-0.15, -0.1) is 0 Å². The predicted octanol–water partition coefficient (Wildman–Crippen LogP) is -1.11. The van der Waals surface area contributed by atoms with E-state index in [1.54, 1.807) is 4.90 Å². The van der Waals surface area contributed by atoms with Gasteiger partial charge in [-0.05, 0) is 51.2 Å². The molecular formula is C16H22ClN. The first-order chi connectivity index (χ1) is 8.27. The SMILES string of the molecule is C[C@@H]1CCC[C@H](C)[NH+]1CC#Cc1ccccc1.[Cl-]. The highest BCUT2D eigenvalue weighted by Gasteiger charge is 2.27. The standard InChI is InChI=1S/C16H21N.ClH/c1-14-8-6-9-15(2)17(14)13-7-12-16-10-4-3-5-11-16;/h3-5,10-11,14-15H,6,8-9,13H2,1-2H3;1H/t14-,15+;. The van der Waals surface area contributed by atoms with Crippen LogP contribution in [0, 0.1) is 11.8 Å². The van der Waals surface area contributed by atoms with E-state index in [9.17, 15) is 0 Å². The Balaban J connectivity index is 0.00000162. The zero-order valence-corrected chi connectivity index (χ0v) is 12.0. The first-order valence-corrected chi connectivity index (χ1v) is 6.67. The number of piperidine rings is 1. The first kappa shape index (κ1) is 15.1. The topological polar surface area (TPSA) is 4.44 Å². The predicted molar refractivity (Wildman–Crippen MR) is 71.9 cm³/mol. The van der Waals surface area contributed by atoms with Crippen LogP contribution in [0.5, 0.6) is 0 Å². The van der Waals surface area contributed by atoms with Crippen molar-refractivity contribution in [2.24, 2.45) is 0 Å². The van der Waals surface area contributed by atoms with Gasteiger partial charge < -0.3 is 17.3 Å². The third-order valence-corrected chi connectivity index (χ3v) is 3.84. The summed E-state index contributed by atoms with van der Waals surface area (Å²) >= 11 is 0. The van der Waals surface area contributed by atoms with Crippen molar-refractivity contribution >= 4 is 0 Å². The Labute approximate surface area is 117 Å². The van der Waals surface area contributed by atoms with Crippen molar-refractivity contribution in [1.29, 1.82) is 0 Å². The van der Waals surface area contributed by atoms with E-state index in [2.05, 4.69) is 37.8 Å². The summed E-state index contributed by atoms with van der Waals surface area (Å²) in [4.78, 5) is 1.67. The van der Waals surface area contributed by atoms with E-state index in [1.807, 2.05) is 18.2 Å². The Morgan fingerprint density at radius 3 is 2.33 bits per heavy atom. The molecule has 0 radical (unpaired) electrons. The highest BCUT2D eigenvalue weighted by Crippen LogP contribution is 2.06. The van der Waals surface area contributed by atoms with Gasteiger partial charge in [-0.25, -0.2) is 0 Å². The first-order valence-electron chi connectivity index (χ1n) is 6.67. The second kappa shape index (κ2) is 7.46. The van der Waals surface area contributed by atoms with E-state index >= 15 is 0 Å². The molecule has 1 nitrogen and oxygen atoms in total. The molecule has 98 valence electrons. The van der Waals surface area contributed by atoms with Crippen molar-refractivity contribution in [3.63, 3.8) is 0 Å². The molecule has 1 N–H and O–H groups in total. The molecule has 1 fully saturated rings. The molecule has 18 heavy (non-hydrogen) atoms. The van der Waals surface area contributed by atoms with Gasteiger partial charge in [0.15, 0.2) is 0 Å². The summed E-state index contributed by atoms with van der Waals surface area (Å²) in [6, 6.07) is 11.8. The van der Waals surface area contributed by atoms with Crippen molar-refractivity contribution in [3.8, 4) is 11.8 Å². The van der Waals surface area contributed by atoms with Gasteiger partial charge in [-0.3, -0.25) is 0 Å². The van der Waals surface area contributed by atoms with Crippen molar-refractivity contribution in [1.82, 2.24) is 0 Å². The maximum Gasteiger partial charge on any atom is 0.140 e. The van der Waals surface area contributed by atoms with Gasteiger partial charge >= 0.3 is 0 Å². The fraction of sp³-hybridized carbons (Fsp3) is 0.500. The second-order valence-electron chi connectivity index (χ2n) is 5.15. The van der Waals surface area contributed by atoms with Gasteiger partial charge in [0.05, 0.1) is 12.1 Å². The van der Waals surface area contributed by atoms with E-state index in [1.165, 1.54) is 19.3 Å². The summed E-state index contributed by atoms with van der Waals surface area (Å²) in [6.07, 6.45) is 4.09. The van der Waals surface area contributed by atoms with Gasteiger partial charge in [0, 0.05) is 5.56 Å². The van der Waals surface area contributed by atoms with Crippen LogP contribution < -0.4 is 17.3 Å². The molecule has 2 rings (SSSR count). The molecule has 0 aliphatic carbocycles. The number of quaternary nitrogens is 1. The Kier molecular flexibility index (Phi) is 6.25. The van der Waals surface area contributed by atoms with Crippen LogP contribution in [0.1, 0.15) is 38.7 Å². The molecule has 1 aromatic carbocycles. The molecule has 0 aromatic heterocycles. The molecule has 0 spiro atoms. The minimum absolute atomic E-state index is 0. The minimum atomic E-state index is 0. The van der Waals surface area contributed by atoms with Gasteiger partial charge in [0.1, 0.15) is 6.54 Å². The lowest BCUT2D eigenvalue weighted by molar-refractivity contribution is -0.944. The lowest BCUT2D eigenvalue weighted by Gasteiger charge is -2.34. The zero-order chi connectivity index (χ0) is 12.1. The number of hydrogen-bond acceptors (Lipinski definition) is 0. The lowest BCUT2D eigenvalue weighted by Crippen LogP contribution is -3.19. The molecule has 0 saturated carbocycles. The third kappa shape index (κ3) is 4.05. The fourth-order valence-electron chi connectivity index (χ4n) is 2.70. The van der Waals surface area contributed by atoms with Crippen molar-refractivity contribution in [2.75, 3.05) is 6.54 Å². The summed E-state index contributed by atoms with van der Waals surface area (Å²) in [5.41, 5.74) is 1.13. The van der Waals surface area contributed by atoms with Crippen LogP contribution in [0.4, 0.5) is 0 Å². The molecule has 1 saturated heterocycles. The summed E-state index contributed by atoms with van der Waals surface area (Å²) in [7, 11) is 0. The molecular weight excluding hydrogens is 242 g/mol.